The Kier molecular flexibility index (Phi) is 4.03. The number of aliphatic carboxylic acids is 1. The minimum absolute atomic E-state index is 0.0357. The molecule has 2 atom stereocenters. The molecule has 0 aliphatic heterocycles. The van der Waals surface area contributed by atoms with Crippen LogP contribution in [0.1, 0.15) is 31.3 Å². The second-order valence-corrected chi connectivity index (χ2v) is 4.18. The fourth-order valence-electron chi connectivity index (χ4n) is 1.27. The van der Waals surface area contributed by atoms with E-state index in [4.69, 9.17) is 5.11 Å². The monoisotopic (exact) mass is 214 g/mol. The molecule has 0 aliphatic carbocycles. The van der Waals surface area contributed by atoms with Crippen LogP contribution < -0.4 is 5.32 Å². The number of hydrogen-bond donors (Lipinski definition) is 2. The molecule has 0 fully saturated rings. The molecule has 1 rings (SSSR count). The van der Waals surface area contributed by atoms with Gasteiger partial charge in [0.1, 0.15) is 5.01 Å². The van der Waals surface area contributed by atoms with Crippen LogP contribution in [0.2, 0.25) is 0 Å². The van der Waals surface area contributed by atoms with Gasteiger partial charge in [-0.15, -0.1) is 11.3 Å². The molecule has 0 amide bonds. The topological polar surface area (TPSA) is 62.2 Å². The average molecular weight is 214 g/mol. The second kappa shape index (κ2) is 5.07. The highest BCUT2D eigenvalue weighted by Crippen LogP contribution is 2.15. The Morgan fingerprint density at radius 3 is 2.93 bits per heavy atom. The van der Waals surface area contributed by atoms with Crippen LogP contribution in [-0.4, -0.2) is 22.1 Å². The second-order valence-electron chi connectivity index (χ2n) is 3.26. The SMILES string of the molecule is CC(CC(=O)O)NC(C)c1nccs1. The van der Waals surface area contributed by atoms with Crippen molar-refractivity contribution in [3.05, 3.63) is 16.6 Å². The largest absolute Gasteiger partial charge is 0.481 e. The first-order chi connectivity index (χ1) is 6.59. The van der Waals surface area contributed by atoms with Gasteiger partial charge in [0.15, 0.2) is 0 Å². The van der Waals surface area contributed by atoms with Gasteiger partial charge in [-0.2, -0.15) is 0 Å². The average Bonchev–Trinajstić information content (AvgIpc) is 2.53. The summed E-state index contributed by atoms with van der Waals surface area (Å²) in [5.41, 5.74) is 0. The van der Waals surface area contributed by atoms with Crippen LogP contribution in [0, 0.1) is 0 Å². The third kappa shape index (κ3) is 3.43. The minimum atomic E-state index is -0.781. The Morgan fingerprint density at radius 2 is 2.43 bits per heavy atom. The van der Waals surface area contributed by atoms with Crippen molar-refractivity contribution in [2.75, 3.05) is 0 Å². The third-order valence-electron chi connectivity index (χ3n) is 1.84. The predicted molar refractivity (Wildman–Crippen MR) is 55.4 cm³/mol. The van der Waals surface area contributed by atoms with Crippen LogP contribution in [0.15, 0.2) is 11.6 Å². The number of rotatable bonds is 5. The van der Waals surface area contributed by atoms with Gasteiger partial charge in [0.2, 0.25) is 0 Å². The van der Waals surface area contributed by atoms with E-state index in [-0.39, 0.29) is 18.5 Å². The molecule has 0 radical (unpaired) electrons. The molecule has 5 heteroatoms. The fraction of sp³-hybridized carbons (Fsp3) is 0.556. The first-order valence-electron chi connectivity index (χ1n) is 4.47. The molecule has 1 aromatic heterocycles. The van der Waals surface area contributed by atoms with E-state index in [0.29, 0.717) is 0 Å². The maximum atomic E-state index is 10.4. The molecule has 2 N–H and O–H groups in total. The zero-order valence-electron chi connectivity index (χ0n) is 8.23. The summed E-state index contributed by atoms with van der Waals surface area (Å²) in [5.74, 6) is -0.781. The molecule has 0 saturated heterocycles. The van der Waals surface area contributed by atoms with E-state index in [1.807, 2.05) is 19.2 Å². The molecule has 4 nitrogen and oxygen atoms in total. The highest BCUT2D eigenvalue weighted by molar-refractivity contribution is 7.09. The third-order valence-corrected chi connectivity index (χ3v) is 2.80. The van der Waals surface area contributed by atoms with E-state index < -0.39 is 5.97 Å². The van der Waals surface area contributed by atoms with Crippen molar-refractivity contribution in [2.24, 2.45) is 0 Å². The van der Waals surface area contributed by atoms with Crippen molar-refractivity contribution in [3.63, 3.8) is 0 Å². The Balaban J connectivity index is 2.41. The first-order valence-corrected chi connectivity index (χ1v) is 5.34. The van der Waals surface area contributed by atoms with Crippen LogP contribution in [0.3, 0.4) is 0 Å². The van der Waals surface area contributed by atoms with Crippen molar-refractivity contribution < 1.29 is 9.90 Å². The van der Waals surface area contributed by atoms with E-state index in [9.17, 15) is 4.79 Å². The van der Waals surface area contributed by atoms with Gasteiger partial charge in [0.05, 0.1) is 12.5 Å². The fourth-order valence-corrected chi connectivity index (χ4v) is 1.92. The van der Waals surface area contributed by atoms with E-state index in [1.54, 1.807) is 17.5 Å². The zero-order valence-corrected chi connectivity index (χ0v) is 9.04. The molecular weight excluding hydrogens is 200 g/mol. The van der Waals surface area contributed by atoms with Crippen LogP contribution in [0.25, 0.3) is 0 Å². The lowest BCUT2D eigenvalue weighted by atomic mass is 10.2. The van der Waals surface area contributed by atoms with Crippen LogP contribution in [-0.2, 0) is 4.79 Å². The molecule has 2 unspecified atom stereocenters. The van der Waals surface area contributed by atoms with Gasteiger partial charge in [-0.25, -0.2) is 4.98 Å². The molecule has 0 aromatic carbocycles. The van der Waals surface area contributed by atoms with E-state index in [0.717, 1.165) is 5.01 Å². The zero-order chi connectivity index (χ0) is 10.6. The summed E-state index contributed by atoms with van der Waals surface area (Å²) < 4.78 is 0. The quantitative estimate of drug-likeness (QED) is 0.782. The summed E-state index contributed by atoms with van der Waals surface area (Å²) in [5, 5.41) is 14.7. The number of carboxylic acid groups (broad SMARTS) is 1. The summed E-state index contributed by atoms with van der Waals surface area (Å²) in [6.45, 7) is 3.84. The molecular formula is C9H14N2O2S. The molecule has 78 valence electrons. The van der Waals surface area contributed by atoms with E-state index in [2.05, 4.69) is 10.3 Å². The van der Waals surface area contributed by atoms with Gasteiger partial charge in [-0.3, -0.25) is 4.79 Å². The lowest BCUT2D eigenvalue weighted by Gasteiger charge is -2.16. The smallest absolute Gasteiger partial charge is 0.304 e. The van der Waals surface area contributed by atoms with Gasteiger partial charge in [-0.05, 0) is 13.8 Å². The summed E-state index contributed by atoms with van der Waals surface area (Å²) in [7, 11) is 0. The van der Waals surface area contributed by atoms with Gasteiger partial charge in [0, 0.05) is 17.6 Å². The summed E-state index contributed by atoms with van der Waals surface area (Å²) >= 11 is 1.57. The molecule has 0 aliphatic rings. The number of thiazole rings is 1. The predicted octanol–water partition coefficient (Wildman–Crippen LogP) is 1.66. The highest BCUT2D eigenvalue weighted by Gasteiger charge is 2.13. The Labute approximate surface area is 87.0 Å². The minimum Gasteiger partial charge on any atom is -0.481 e. The van der Waals surface area contributed by atoms with Crippen molar-refractivity contribution in [2.45, 2.75) is 32.4 Å². The summed E-state index contributed by atoms with van der Waals surface area (Å²) in [6.07, 6.45) is 1.88. The molecule has 0 spiro atoms. The van der Waals surface area contributed by atoms with Gasteiger partial charge in [0.25, 0.3) is 0 Å². The maximum absolute atomic E-state index is 10.4. The maximum Gasteiger partial charge on any atom is 0.304 e. The normalized spacial score (nSPS) is 15.0. The number of hydrogen-bond acceptors (Lipinski definition) is 4. The molecule has 1 heterocycles. The number of carboxylic acids is 1. The van der Waals surface area contributed by atoms with Gasteiger partial charge < -0.3 is 10.4 Å². The Morgan fingerprint density at radius 1 is 1.71 bits per heavy atom. The molecule has 0 saturated carbocycles. The van der Waals surface area contributed by atoms with Crippen LogP contribution >= 0.6 is 11.3 Å². The van der Waals surface area contributed by atoms with Crippen molar-refractivity contribution >= 4 is 17.3 Å². The van der Waals surface area contributed by atoms with E-state index in [1.165, 1.54) is 0 Å². The molecule has 0 bridgehead atoms. The Hall–Kier alpha value is -0.940. The summed E-state index contributed by atoms with van der Waals surface area (Å²) in [6, 6.07) is 0.0794. The van der Waals surface area contributed by atoms with E-state index >= 15 is 0 Å². The number of nitrogens with zero attached hydrogens (tertiary/aromatic N) is 1. The number of nitrogens with one attached hydrogen (secondary N) is 1. The van der Waals surface area contributed by atoms with Crippen LogP contribution in [0.5, 0.6) is 0 Å². The van der Waals surface area contributed by atoms with Gasteiger partial charge in [-0.1, -0.05) is 0 Å². The highest BCUT2D eigenvalue weighted by atomic mass is 32.1. The summed E-state index contributed by atoms with van der Waals surface area (Å²) in [4.78, 5) is 14.6. The first kappa shape index (κ1) is 11.1. The Bertz CT molecular complexity index is 287. The number of carbonyl (C=O) groups is 1. The molecule has 1 aromatic rings. The van der Waals surface area contributed by atoms with Crippen molar-refractivity contribution in [3.8, 4) is 0 Å². The van der Waals surface area contributed by atoms with Crippen molar-refractivity contribution in [1.29, 1.82) is 0 Å². The van der Waals surface area contributed by atoms with Crippen LogP contribution in [0.4, 0.5) is 0 Å². The van der Waals surface area contributed by atoms with Crippen molar-refractivity contribution in [1.82, 2.24) is 10.3 Å². The van der Waals surface area contributed by atoms with Gasteiger partial charge >= 0.3 is 5.97 Å². The number of aromatic nitrogens is 1. The lowest BCUT2D eigenvalue weighted by molar-refractivity contribution is -0.137. The standard InChI is InChI=1S/C9H14N2O2S/c1-6(5-8(12)13)11-7(2)9-10-3-4-14-9/h3-4,6-7,11H,5H2,1-2H3,(H,12,13). The lowest BCUT2D eigenvalue weighted by Crippen LogP contribution is -2.30. The molecule has 14 heavy (non-hydrogen) atoms.